The van der Waals surface area contributed by atoms with E-state index in [9.17, 15) is 4.79 Å². The lowest BCUT2D eigenvalue weighted by atomic mass is 10.2. The number of rotatable bonds is 9. The molecule has 1 rings (SSSR count). The monoisotopic (exact) mass is 253 g/mol. The van der Waals surface area contributed by atoms with Gasteiger partial charge in [0.15, 0.2) is 0 Å². The van der Waals surface area contributed by atoms with E-state index in [0.29, 0.717) is 6.54 Å². The number of aliphatic hydroxyl groups excluding tert-OH is 1. The fourth-order valence-corrected chi connectivity index (χ4v) is 1.69. The van der Waals surface area contributed by atoms with Crippen molar-refractivity contribution in [2.24, 2.45) is 0 Å². The number of aromatic nitrogens is 2. The minimum Gasteiger partial charge on any atom is -0.396 e. The summed E-state index contributed by atoms with van der Waals surface area (Å²) in [5.41, 5.74) is 0.733. The molecule has 102 valence electrons. The maximum Gasteiger partial charge on any atom is 0.268 e. The molecule has 1 heterocycles. The quantitative estimate of drug-likeness (QED) is 0.656. The van der Waals surface area contributed by atoms with Crippen LogP contribution in [0, 0.1) is 0 Å². The van der Waals surface area contributed by atoms with E-state index in [2.05, 4.69) is 17.3 Å². The maximum atomic E-state index is 11.7. The predicted octanol–water partition coefficient (Wildman–Crippen LogP) is 1.62. The number of nitrogens with zero attached hydrogens (tertiary/aromatic N) is 2. The first-order chi connectivity index (χ1) is 8.77. The standard InChI is InChI=1S/C13H23N3O2/c1-2-7-14-12-10-13(18)16(15-11-12)8-5-3-4-6-9-17/h10-11,14,17H,2-9H2,1H3. The molecular formula is C13H23N3O2. The van der Waals surface area contributed by atoms with Gasteiger partial charge in [-0.05, 0) is 19.3 Å². The smallest absolute Gasteiger partial charge is 0.268 e. The Morgan fingerprint density at radius 3 is 2.78 bits per heavy atom. The third-order valence-corrected chi connectivity index (χ3v) is 2.73. The van der Waals surface area contributed by atoms with Crippen LogP contribution in [0.4, 0.5) is 5.69 Å². The summed E-state index contributed by atoms with van der Waals surface area (Å²) < 4.78 is 1.50. The second-order valence-corrected chi connectivity index (χ2v) is 4.37. The SMILES string of the molecule is CCCNc1cnn(CCCCCCO)c(=O)c1. The van der Waals surface area contributed by atoms with Gasteiger partial charge in [0.2, 0.25) is 0 Å². The van der Waals surface area contributed by atoms with Gasteiger partial charge in [0, 0.05) is 25.8 Å². The minimum atomic E-state index is -0.0572. The summed E-state index contributed by atoms with van der Waals surface area (Å²) >= 11 is 0. The highest BCUT2D eigenvalue weighted by molar-refractivity contribution is 5.38. The number of hydrogen-bond acceptors (Lipinski definition) is 4. The molecule has 0 aliphatic heterocycles. The summed E-state index contributed by atoms with van der Waals surface area (Å²) in [6.45, 7) is 3.83. The van der Waals surface area contributed by atoms with Crippen molar-refractivity contribution in [3.63, 3.8) is 0 Å². The highest BCUT2D eigenvalue weighted by atomic mass is 16.2. The average Bonchev–Trinajstić information content (AvgIpc) is 2.38. The third-order valence-electron chi connectivity index (χ3n) is 2.73. The van der Waals surface area contributed by atoms with Gasteiger partial charge < -0.3 is 10.4 Å². The first-order valence-corrected chi connectivity index (χ1v) is 6.70. The molecule has 0 aliphatic carbocycles. The third kappa shape index (κ3) is 5.31. The van der Waals surface area contributed by atoms with Gasteiger partial charge in [0.1, 0.15) is 0 Å². The maximum absolute atomic E-state index is 11.7. The largest absolute Gasteiger partial charge is 0.396 e. The van der Waals surface area contributed by atoms with Crippen molar-refractivity contribution in [2.75, 3.05) is 18.5 Å². The van der Waals surface area contributed by atoms with Crippen LogP contribution >= 0.6 is 0 Å². The summed E-state index contributed by atoms with van der Waals surface area (Å²) in [5.74, 6) is 0. The van der Waals surface area contributed by atoms with Crippen LogP contribution in [-0.2, 0) is 6.54 Å². The first kappa shape index (κ1) is 14.7. The highest BCUT2D eigenvalue weighted by Gasteiger charge is 1.99. The Morgan fingerprint density at radius 1 is 1.33 bits per heavy atom. The topological polar surface area (TPSA) is 67.2 Å². The molecule has 0 radical (unpaired) electrons. The van der Waals surface area contributed by atoms with Crippen molar-refractivity contribution in [3.8, 4) is 0 Å². The zero-order valence-electron chi connectivity index (χ0n) is 11.1. The fraction of sp³-hybridized carbons (Fsp3) is 0.692. The molecule has 0 fully saturated rings. The van der Waals surface area contributed by atoms with Gasteiger partial charge in [-0.15, -0.1) is 0 Å². The summed E-state index contributed by atoms with van der Waals surface area (Å²) in [7, 11) is 0. The van der Waals surface area contributed by atoms with Gasteiger partial charge in [-0.2, -0.15) is 5.10 Å². The van der Waals surface area contributed by atoms with E-state index in [-0.39, 0.29) is 12.2 Å². The Hall–Kier alpha value is -1.36. The molecule has 0 saturated carbocycles. The van der Waals surface area contributed by atoms with Crippen molar-refractivity contribution in [2.45, 2.75) is 45.6 Å². The molecular weight excluding hydrogens is 230 g/mol. The number of anilines is 1. The van der Waals surface area contributed by atoms with E-state index in [4.69, 9.17) is 5.11 Å². The van der Waals surface area contributed by atoms with E-state index >= 15 is 0 Å². The van der Waals surface area contributed by atoms with Crippen molar-refractivity contribution >= 4 is 5.69 Å². The van der Waals surface area contributed by atoms with Crippen LogP contribution in [0.1, 0.15) is 39.0 Å². The van der Waals surface area contributed by atoms with Crippen LogP contribution in [0.15, 0.2) is 17.1 Å². The molecule has 0 aromatic carbocycles. The Kier molecular flexibility index (Phi) is 7.10. The molecule has 0 saturated heterocycles. The van der Waals surface area contributed by atoms with Crippen LogP contribution in [-0.4, -0.2) is 28.0 Å². The van der Waals surface area contributed by atoms with Gasteiger partial charge in [-0.1, -0.05) is 19.8 Å². The molecule has 2 N–H and O–H groups in total. The van der Waals surface area contributed by atoms with Crippen molar-refractivity contribution in [3.05, 3.63) is 22.6 Å². The molecule has 1 aromatic heterocycles. The van der Waals surface area contributed by atoms with Gasteiger partial charge in [-0.3, -0.25) is 4.79 Å². The van der Waals surface area contributed by atoms with E-state index in [0.717, 1.165) is 44.3 Å². The molecule has 5 heteroatoms. The molecule has 0 spiro atoms. The zero-order chi connectivity index (χ0) is 13.2. The van der Waals surface area contributed by atoms with E-state index < -0.39 is 0 Å². The Labute approximate surface area is 108 Å². The van der Waals surface area contributed by atoms with Crippen molar-refractivity contribution in [1.82, 2.24) is 9.78 Å². The second kappa shape index (κ2) is 8.69. The number of hydrogen-bond donors (Lipinski definition) is 2. The molecule has 0 bridgehead atoms. The van der Waals surface area contributed by atoms with Crippen LogP contribution in [0.3, 0.4) is 0 Å². The number of nitrogens with one attached hydrogen (secondary N) is 1. The van der Waals surface area contributed by atoms with E-state index in [1.807, 2.05) is 0 Å². The minimum absolute atomic E-state index is 0.0572. The number of aryl methyl sites for hydroxylation is 1. The molecule has 1 aromatic rings. The summed E-state index contributed by atoms with van der Waals surface area (Å²) in [5, 5.41) is 15.9. The van der Waals surface area contributed by atoms with Crippen LogP contribution < -0.4 is 10.9 Å². The lowest BCUT2D eigenvalue weighted by molar-refractivity contribution is 0.282. The zero-order valence-corrected chi connectivity index (χ0v) is 11.1. The van der Waals surface area contributed by atoms with E-state index in [1.54, 1.807) is 12.3 Å². The van der Waals surface area contributed by atoms with Crippen LogP contribution in [0.5, 0.6) is 0 Å². The Morgan fingerprint density at radius 2 is 2.11 bits per heavy atom. The van der Waals surface area contributed by atoms with Gasteiger partial charge in [0.25, 0.3) is 5.56 Å². The van der Waals surface area contributed by atoms with Gasteiger partial charge in [0.05, 0.1) is 11.9 Å². The van der Waals surface area contributed by atoms with E-state index in [1.165, 1.54) is 4.68 Å². The lowest BCUT2D eigenvalue weighted by Gasteiger charge is -2.07. The van der Waals surface area contributed by atoms with Gasteiger partial charge in [-0.25, -0.2) is 4.68 Å². The highest BCUT2D eigenvalue weighted by Crippen LogP contribution is 2.02. The summed E-state index contributed by atoms with van der Waals surface area (Å²) in [4.78, 5) is 11.7. The molecule has 0 atom stereocenters. The van der Waals surface area contributed by atoms with Gasteiger partial charge >= 0.3 is 0 Å². The lowest BCUT2D eigenvalue weighted by Crippen LogP contribution is -2.22. The van der Waals surface area contributed by atoms with Crippen LogP contribution in [0.25, 0.3) is 0 Å². The van der Waals surface area contributed by atoms with Crippen LogP contribution in [0.2, 0.25) is 0 Å². The average molecular weight is 253 g/mol. The Balaban J connectivity index is 2.40. The molecule has 18 heavy (non-hydrogen) atoms. The first-order valence-electron chi connectivity index (χ1n) is 6.70. The fourth-order valence-electron chi connectivity index (χ4n) is 1.69. The molecule has 5 nitrogen and oxygen atoms in total. The normalized spacial score (nSPS) is 10.6. The summed E-state index contributed by atoms with van der Waals surface area (Å²) in [6, 6.07) is 1.59. The summed E-state index contributed by atoms with van der Waals surface area (Å²) in [6.07, 6.45) is 6.50. The Bertz CT molecular complexity index is 390. The molecule has 0 amide bonds. The van der Waals surface area contributed by atoms with Crippen molar-refractivity contribution < 1.29 is 5.11 Å². The second-order valence-electron chi connectivity index (χ2n) is 4.37. The molecule has 0 aliphatic rings. The number of aliphatic hydroxyl groups is 1. The number of unbranched alkanes of at least 4 members (excludes halogenated alkanes) is 3. The predicted molar refractivity (Wildman–Crippen MR) is 72.8 cm³/mol. The van der Waals surface area contributed by atoms with Crippen molar-refractivity contribution in [1.29, 1.82) is 0 Å². The molecule has 0 unspecified atom stereocenters.